The van der Waals surface area contributed by atoms with E-state index in [1.54, 1.807) is 16.7 Å². The molecule has 4 N–H and O–H groups in total. The monoisotopic (exact) mass is 265 g/mol. The molecule has 0 saturated carbocycles. The summed E-state index contributed by atoms with van der Waals surface area (Å²) in [7, 11) is 0. The number of anilines is 1. The van der Waals surface area contributed by atoms with E-state index in [2.05, 4.69) is 4.98 Å². The van der Waals surface area contributed by atoms with Gasteiger partial charge in [0, 0.05) is 12.1 Å². The highest BCUT2D eigenvalue weighted by Gasteiger charge is 2.18. The summed E-state index contributed by atoms with van der Waals surface area (Å²) in [6.07, 6.45) is -0.882. The Bertz CT molecular complexity index is 611. The topological polar surface area (TPSA) is 103 Å². The summed E-state index contributed by atoms with van der Waals surface area (Å²) in [4.78, 5) is 4.22. The van der Waals surface area contributed by atoms with Crippen molar-refractivity contribution in [3.8, 4) is 11.5 Å². The second-order valence-corrected chi connectivity index (χ2v) is 4.40. The Hall–Kier alpha value is -1.99. The number of nitrogens with zero attached hydrogens (tertiary/aromatic N) is 2. The van der Waals surface area contributed by atoms with E-state index < -0.39 is 6.10 Å². The summed E-state index contributed by atoms with van der Waals surface area (Å²) < 4.78 is 12.6. The fourth-order valence-corrected chi connectivity index (χ4v) is 2.14. The average Bonchev–Trinajstić information content (AvgIpc) is 2.72. The number of nitrogen functional groups attached to an aromatic ring is 1. The highest BCUT2D eigenvalue weighted by atomic mass is 16.6. The molecule has 1 atom stereocenters. The van der Waals surface area contributed by atoms with Crippen molar-refractivity contribution in [1.29, 1.82) is 0 Å². The lowest BCUT2D eigenvalue weighted by molar-refractivity contribution is 0.0825. The van der Waals surface area contributed by atoms with E-state index in [0.717, 1.165) is 5.52 Å². The lowest BCUT2D eigenvalue weighted by Crippen LogP contribution is -2.21. The van der Waals surface area contributed by atoms with Crippen molar-refractivity contribution in [2.45, 2.75) is 12.6 Å². The second-order valence-electron chi connectivity index (χ2n) is 4.40. The molecule has 1 aliphatic heterocycles. The van der Waals surface area contributed by atoms with Gasteiger partial charge in [0.25, 0.3) is 0 Å². The Kier molecular flexibility index (Phi) is 2.92. The van der Waals surface area contributed by atoms with Gasteiger partial charge in [0.2, 0.25) is 5.95 Å². The quantitative estimate of drug-likeness (QED) is 0.706. The van der Waals surface area contributed by atoms with E-state index in [1.807, 2.05) is 0 Å². The normalized spacial score (nSPS) is 15.7. The Labute approximate surface area is 109 Å². The average molecular weight is 265 g/mol. The number of aromatic nitrogens is 2. The molecular formula is C12H15N3O4. The van der Waals surface area contributed by atoms with Crippen LogP contribution < -0.4 is 15.2 Å². The first-order valence-corrected chi connectivity index (χ1v) is 6.03. The molecule has 0 spiro atoms. The Balaban J connectivity index is 2.09. The minimum Gasteiger partial charge on any atom is -0.486 e. The molecule has 7 nitrogen and oxygen atoms in total. The van der Waals surface area contributed by atoms with E-state index in [-0.39, 0.29) is 19.1 Å². The van der Waals surface area contributed by atoms with Crippen molar-refractivity contribution in [2.75, 3.05) is 25.6 Å². The summed E-state index contributed by atoms with van der Waals surface area (Å²) in [5.74, 6) is 1.56. The Morgan fingerprint density at radius 3 is 2.68 bits per heavy atom. The smallest absolute Gasteiger partial charge is 0.201 e. The molecule has 0 radical (unpaired) electrons. The van der Waals surface area contributed by atoms with Crippen molar-refractivity contribution >= 4 is 17.0 Å². The van der Waals surface area contributed by atoms with Crippen LogP contribution in [0.15, 0.2) is 12.1 Å². The SMILES string of the molecule is Nc1nc2cc3c(cc2n1CC(O)CO)OCCO3. The van der Waals surface area contributed by atoms with Crippen molar-refractivity contribution in [3.63, 3.8) is 0 Å². The first-order chi connectivity index (χ1) is 9.19. The zero-order valence-electron chi connectivity index (χ0n) is 10.2. The van der Waals surface area contributed by atoms with Crippen LogP contribution in [-0.4, -0.2) is 45.7 Å². The third kappa shape index (κ3) is 2.06. The van der Waals surface area contributed by atoms with Crippen molar-refractivity contribution < 1.29 is 19.7 Å². The highest BCUT2D eigenvalue weighted by Crippen LogP contribution is 2.35. The van der Waals surface area contributed by atoms with Crippen LogP contribution in [0.1, 0.15) is 0 Å². The summed E-state index contributed by atoms with van der Waals surface area (Å²) in [5, 5.41) is 18.5. The van der Waals surface area contributed by atoms with Gasteiger partial charge in [-0.25, -0.2) is 4.98 Å². The number of fused-ring (bicyclic) bond motifs is 2. The van der Waals surface area contributed by atoms with Crippen LogP contribution in [0.2, 0.25) is 0 Å². The standard InChI is InChI=1S/C12H15N3O4/c13-12-14-8-3-10-11(19-2-1-18-10)4-9(8)15(12)5-7(17)6-16/h3-4,7,16-17H,1-2,5-6H2,(H2,13,14). The molecular weight excluding hydrogens is 250 g/mol. The molecule has 0 aliphatic carbocycles. The maximum absolute atomic E-state index is 9.54. The van der Waals surface area contributed by atoms with Gasteiger partial charge in [-0.1, -0.05) is 0 Å². The van der Waals surface area contributed by atoms with Gasteiger partial charge in [-0.3, -0.25) is 0 Å². The maximum Gasteiger partial charge on any atom is 0.201 e. The van der Waals surface area contributed by atoms with Gasteiger partial charge in [-0.05, 0) is 0 Å². The predicted octanol–water partition coefficient (Wildman–Crippen LogP) is -0.257. The molecule has 3 rings (SSSR count). The third-order valence-electron chi connectivity index (χ3n) is 3.05. The van der Waals surface area contributed by atoms with Gasteiger partial charge in [-0.2, -0.15) is 0 Å². The molecule has 1 unspecified atom stereocenters. The number of aliphatic hydroxyl groups is 2. The first-order valence-electron chi connectivity index (χ1n) is 6.03. The summed E-state index contributed by atoms with van der Waals surface area (Å²) in [6.45, 7) is 0.863. The van der Waals surface area contributed by atoms with Crippen LogP contribution in [0.5, 0.6) is 11.5 Å². The molecule has 1 aliphatic rings. The molecule has 1 aromatic heterocycles. The zero-order chi connectivity index (χ0) is 13.4. The Morgan fingerprint density at radius 2 is 2.00 bits per heavy atom. The zero-order valence-corrected chi connectivity index (χ0v) is 10.2. The summed E-state index contributed by atoms with van der Waals surface area (Å²) in [6, 6.07) is 3.55. The Morgan fingerprint density at radius 1 is 1.32 bits per heavy atom. The molecule has 0 amide bonds. The number of benzene rings is 1. The van der Waals surface area contributed by atoms with Crippen molar-refractivity contribution in [1.82, 2.24) is 9.55 Å². The minimum atomic E-state index is -0.882. The first kappa shape index (κ1) is 12.1. The summed E-state index contributed by atoms with van der Waals surface area (Å²) in [5.41, 5.74) is 7.25. The molecule has 7 heteroatoms. The van der Waals surface area contributed by atoms with Gasteiger partial charge < -0.3 is 30.0 Å². The van der Waals surface area contributed by atoms with Gasteiger partial charge in [0.1, 0.15) is 13.2 Å². The number of imidazole rings is 1. The van der Waals surface area contributed by atoms with Gasteiger partial charge >= 0.3 is 0 Å². The van der Waals surface area contributed by atoms with Gasteiger partial charge in [-0.15, -0.1) is 0 Å². The maximum atomic E-state index is 9.54. The molecule has 1 aromatic carbocycles. The molecule has 102 valence electrons. The van der Waals surface area contributed by atoms with Gasteiger partial charge in [0.05, 0.1) is 30.3 Å². The lowest BCUT2D eigenvalue weighted by Gasteiger charge is -2.18. The van der Waals surface area contributed by atoms with Crippen LogP contribution in [-0.2, 0) is 6.54 Å². The van der Waals surface area contributed by atoms with Crippen LogP contribution >= 0.6 is 0 Å². The fourth-order valence-electron chi connectivity index (χ4n) is 2.14. The minimum absolute atomic E-state index is 0.179. The van der Waals surface area contributed by atoms with Gasteiger partial charge in [0.15, 0.2) is 11.5 Å². The van der Waals surface area contributed by atoms with Crippen molar-refractivity contribution in [3.05, 3.63) is 12.1 Å². The molecule has 19 heavy (non-hydrogen) atoms. The van der Waals surface area contributed by atoms with E-state index in [1.165, 1.54) is 0 Å². The fraction of sp³-hybridized carbons (Fsp3) is 0.417. The number of rotatable bonds is 3. The molecule has 0 fully saturated rings. The number of hydrogen-bond acceptors (Lipinski definition) is 6. The lowest BCUT2D eigenvalue weighted by atomic mass is 10.2. The van der Waals surface area contributed by atoms with E-state index in [4.69, 9.17) is 20.3 Å². The largest absolute Gasteiger partial charge is 0.486 e. The van der Waals surface area contributed by atoms with E-state index in [0.29, 0.717) is 30.2 Å². The van der Waals surface area contributed by atoms with E-state index in [9.17, 15) is 5.11 Å². The van der Waals surface area contributed by atoms with Crippen LogP contribution in [0.3, 0.4) is 0 Å². The molecule has 0 saturated heterocycles. The molecule has 2 heterocycles. The number of nitrogens with two attached hydrogens (primary N) is 1. The van der Waals surface area contributed by atoms with Crippen molar-refractivity contribution in [2.24, 2.45) is 0 Å². The van der Waals surface area contributed by atoms with Crippen LogP contribution in [0.4, 0.5) is 5.95 Å². The number of aliphatic hydroxyl groups excluding tert-OH is 2. The van der Waals surface area contributed by atoms with Crippen LogP contribution in [0.25, 0.3) is 11.0 Å². The number of hydrogen-bond donors (Lipinski definition) is 3. The second kappa shape index (κ2) is 4.60. The molecule has 2 aromatic rings. The molecule has 0 bridgehead atoms. The predicted molar refractivity (Wildman–Crippen MR) is 68.2 cm³/mol. The summed E-state index contributed by atoms with van der Waals surface area (Å²) >= 11 is 0. The van der Waals surface area contributed by atoms with E-state index >= 15 is 0 Å². The van der Waals surface area contributed by atoms with Crippen LogP contribution in [0, 0.1) is 0 Å². The third-order valence-corrected chi connectivity index (χ3v) is 3.05. The number of ether oxygens (including phenoxy) is 2. The highest BCUT2D eigenvalue weighted by molar-refractivity contribution is 5.82.